The second-order valence-corrected chi connectivity index (χ2v) is 6.83. The number of benzene rings is 2. The molecule has 0 aromatic heterocycles. The smallest absolute Gasteiger partial charge is 0.306 e. The van der Waals surface area contributed by atoms with Crippen LogP contribution in [0.15, 0.2) is 48.5 Å². The molecule has 144 valence electrons. The number of carboxylic acid groups (broad SMARTS) is 1. The van der Waals surface area contributed by atoms with Crippen LogP contribution in [0.1, 0.15) is 36.9 Å². The van der Waals surface area contributed by atoms with Crippen LogP contribution in [-0.4, -0.2) is 42.8 Å². The van der Waals surface area contributed by atoms with Crippen LogP contribution in [0.4, 0.5) is 0 Å². The molecule has 1 N–H and O–H groups in total. The summed E-state index contributed by atoms with van der Waals surface area (Å²) in [6, 6.07) is 16.4. The summed E-state index contributed by atoms with van der Waals surface area (Å²) >= 11 is 0. The van der Waals surface area contributed by atoms with E-state index in [9.17, 15) is 9.90 Å². The van der Waals surface area contributed by atoms with Gasteiger partial charge in [0.15, 0.2) is 0 Å². The number of ether oxygens (including phenoxy) is 2. The van der Waals surface area contributed by atoms with Crippen LogP contribution in [0.2, 0.25) is 0 Å². The van der Waals surface area contributed by atoms with Crippen molar-refractivity contribution in [1.82, 2.24) is 4.90 Å². The Kier molecular flexibility index (Phi) is 6.35. The second kappa shape index (κ2) is 8.91. The van der Waals surface area contributed by atoms with Gasteiger partial charge in [0.05, 0.1) is 25.7 Å². The topological polar surface area (TPSA) is 59.0 Å². The Bertz CT molecular complexity index is 734. The van der Waals surface area contributed by atoms with Gasteiger partial charge in [-0.25, -0.2) is 0 Å². The first-order valence-electron chi connectivity index (χ1n) is 9.46. The van der Waals surface area contributed by atoms with Gasteiger partial charge in [0.2, 0.25) is 0 Å². The van der Waals surface area contributed by atoms with Gasteiger partial charge in [-0.15, -0.1) is 0 Å². The Morgan fingerprint density at radius 2 is 1.56 bits per heavy atom. The van der Waals surface area contributed by atoms with Gasteiger partial charge in [-0.1, -0.05) is 24.3 Å². The molecule has 0 spiro atoms. The maximum absolute atomic E-state index is 11.3. The highest BCUT2D eigenvalue weighted by Gasteiger charge is 2.30. The molecule has 1 heterocycles. The zero-order valence-electron chi connectivity index (χ0n) is 15.9. The van der Waals surface area contributed by atoms with E-state index in [2.05, 4.69) is 29.2 Å². The molecule has 1 unspecified atom stereocenters. The third-order valence-corrected chi connectivity index (χ3v) is 5.18. The molecular weight excluding hydrogens is 342 g/mol. The highest BCUT2D eigenvalue weighted by molar-refractivity contribution is 5.70. The Hall–Kier alpha value is -2.53. The number of likely N-dealkylation sites (tertiary alicyclic amines) is 1. The molecule has 1 aliphatic heterocycles. The summed E-state index contributed by atoms with van der Waals surface area (Å²) in [7, 11) is 1.66. The van der Waals surface area contributed by atoms with E-state index >= 15 is 0 Å². The van der Waals surface area contributed by atoms with Crippen molar-refractivity contribution in [2.24, 2.45) is 5.92 Å². The van der Waals surface area contributed by atoms with Crippen LogP contribution in [0.3, 0.4) is 0 Å². The molecule has 1 saturated heterocycles. The maximum atomic E-state index is 11.3. The van der Waals surface area contributed by atoms with Crippen molar-refractivity contribution in [3.8, 4) is 11.5 Å². The van der Waals surface area contributed by atoms with Gasteiger partial charge in [0.25, 0.3) is 0 Å². The molecule has 3 rings (SSSR count). The molecule has 0 saturated carbocycles. The van der Waals surface area contributed by atoms with Gasteiger partial charge in [-0.05, 0) is 68.2 Å². The van der Waals surface area contributed by atoms with Gasteiger partial charge >= 0.3 is 5.97 Å². The van der Waals surface area contributed by atoms with E-state index in [1.54, 1.807) is 7.11 Å². The van der Waals surface area contributed by atoms with Crippen molar-refractivity contribution < 1.29 is 19.4 Å². The average Bonchev–Trinajstić information content (AvgIpc) is 2.70. The van der Waals surface area contributed by atoms with E-state index < -0.39 is 5.97 Å². The summed E-state index contributed by atoms with van der Waals surface area (Å²) in [5.74, 6) is 0.767. The van der Waals surface area contributed by atoms with E-state index in [1.807, 2.05) is 31.2 Å². The van der Waals surface area contributed by atoms with Crippen molar-refractivity contribution in [1.29, 1.82) is 0 Å². The van der Waals surface area contributed by atoms with Gasteiger partial charge in [0, 0.05) is 0 Å². The van der Waals surface area contributed by atoms with Crippen LogP contribution in [-0.2, 0) is 4.79 Å². The standard InChI is InChI=1S/C22H27NO4/c1-3-27-20-10-6-17(7-11-20)21(16-4-8-19(26-2)9-5-16)23-14-12-18(13-15-23)22(24)25/h4-11,18,21H,3,12-15H2,1-2H3,(H,24,25). The summed E-state index contributed by atoms with van der Waals surface area (Å²) in [6.45, 7) is 4.15. The lowest BCUT2D eigenvalue weighted by molar-refractivity contribution is -0.143. The minimum atomic E-state index is -0.684. The van der Waals surface area contributed by atoms with Gasteiger partial charge in [-0.3, -0.25) is 9.69 Å². The van der Waals surface area contributed by atoms with E-state index in [0.717, 1.165) is 24.6 Å². The normalized spacial score (nSPS) is 16.7. The van der Waals surface area contributed by atoms with E-state index in [1.165, 1.54) is 11.1 Å². The van der Waals surface area contributed by atoms with Crippen molar-refractivity contribution in [3.05, 3.63) is 59.7 Å². The molecule has 1 fully saturated rings. The molecule has 27 heavy (non-hydrogen) atoms. The summed E-state index contributed by atoms with van der Waals surface area (Å²) in [4.78, 5) is 13.7. The van der Waals surface area contributed by atoms with Gasteiger partial charge < -0.3 is 14.6 Å². The number of hydrogen-bond donors (Lipinski definition) is 1. The number of methoxy groups -OCH3 is 1. The molecule has 0 aliphatic carbocycles. The number of nitrogens with zero attached hydrogens (tertiary/aromatic N) is 1. The maximum Gasteiger partial charge on any atom is 0.306 e. The highest BCUT2D eigenvalue weighted by atomic mass is 16.5. The third kappa shape index (κ3) is 4.61. The molecular formula is C22H27NO4. The molecule has 5 heteroatoms. The summed E-state index contributed by atoms with van der Waals surface area (Å²) in [5.41, 5.74) is 2.35. The molecule has 1 atom stereocenters. The Labute approximate surface area is 160 Å². The molecule has 0 radical (unpaired) electrons. The number of carboxylic acids is 1. The highest BCUT2D eigenvalue weighted by Crippen LogP contribution is 2.34. The number of aliphatic carboxylic acids is 1. The van der Waals surface area contributed by atoms with Crippen LogP contribution in [0, 0.1) is 5.92 Å². The first-order chi connectivity index (χ1) is 13.1. The SMILES string of the molecule is CCOc1ccc(C(c2ccc(OC)cc2)N2CCC(C(=O)O)CC2)cc1. The lowest BCUT2D eigenvalue weighted by Crippen LogP contribution is -2.39. The summed E-state index contributed by atoms with van der Waals surface area (Å²) < 4.78 is 10.9. The fourth-order valence-electron chi connectivity index (χ4n) is 3.72. The van der Waals surface area contributed by atoms with Crippen LogP contribution in [0.5, 0.6) is 11.5 Å². The average molecular weight is 369 g/mol. The molecule has 0 bridgehead atoms. The lowest BCUT2D eigenvalue weighted by atomic mass is 9.91. The minimum Gasteiger partial charge on any atom is -0.497 e. The van der Waals surface area contributed by atoms with Crippen LogP contribution in [0.25, 0.3) is 0 Å². The quantitative estimate of drug-likeness (QED) is 0.800. The number of carbonyl (C=O) groups is 1. The predicted octanol–water partition coefficient (Wildman–Crippen LogP) is 3.98. The van der Waals surface area contributed by atoms with E-state index in [-0.39, 0.29) is 12.0 Å². The minimum absolute atomic E-state index is 0.0846. The van der Waals surface area contributed by atoms with Crippen molar-refractivity contribution in [3.63, 3.8) is 0 Å². The monoisotopic (exact) mass is 369 g/mol. The Balaban J connectivity index is 1.87. The third-order valence-electron chi connectivity index (χ3n) is 5.18. The predicted molar refractivity (Wildman–Crippen MR) is 104 cm³/mol. The molecule has 2 aromatic carbocycles. The van der Waals surface area contributed by atoms with Crippen LogP contribution >= 0.6 is 0 Å². The molecule has 0 amide bonds. The van der Waals surface area contributed by atoms with Gasteiger partial charge in [0.1, 0.15) is 11.5 Å². The number of rotatable bonds is 7. The van der Waals surface area contributed by atoms with Crippen LogP contribution < -0.4 is 9.47 Å². The van der Waals surface area contributed by atoms with Gasteiger partial charge in [-0.2, -0.15) is 0 Å². The number of piperidine rings is 1. The van der Waals surface area contributed by atoms with Crippen molar-refractivity contribution in [2.75, 3.05) is 26.8 Å². The summed E-state index contributed by atoms with van der Waals surface area (Å²) in [6.07, 6.45) is 1.36. The molecule has 1 aliphatic rings. The molecule has 5 nitrogen and oxygen atoms in total. The first-order valence-corrected chi connectivity index (χ1v) is 9.46. The first kappa shape index (κ1) is 19.2. The molecule has 2 aromatic rings. The van der Waals surface area contributed by atoms with Crippen molar-refractivity contribution in [2.45, 2.75) is 25.8 Å². The fourth-order valence-corrected chi connectivity index (χ4v) is 3.72. The van der Waals surface area contributed by atoms with E-state index in [4.69, 9.17) is 9.47 Å². The zero-order valence-corrected chi connectivity index (χ0v) is 15.9. The van der Waals surface area contributed by atoms with E-state index in [0.29, 0.717) is 19.4 Å². The summed E-state index contributed by atoms with van der Waals surface area (Å²) in [5, 5.41) is 9.29. The van der Waals surface area contributed by atoms with Crippen molar-refractivity contribution >= 4 is 5.97 Å². The largest absolute Gasteiger partial charge is 0.497 e. The fraction of sp³-hybridized carbons (Fsp3) is 0.409. The Morgan fingerprint density at radius 3 is 2.00 bits per heavy atom. The Morgan fingerprint density at radius 1 is 1.04 bits per heavy atom. The number of hydrogen-bond acceptors (Lipinski definition) is 4. The lowest BCUT2D eigenvalue weighted by Gasteiger charge is -2.37. The second-order valence-electron chi connectivity index (χ2n) is 6.83. The zero-order chi connectivity index (χ0) is 19.2.